The molecule has 3 N–H and O–H groups in total. The van der Waals surface area contributed by atoms with Gasteiger partial charge in [0.05, 0.1) is 5.52 Å². The largest absolute Gasteiger partial charge is 0.508 e. The van der Waals surface area contributed by atoms with Crippen LogP contribution in [0.1, 0.15) is 16.7 Å². The molecule has 0 spiro atoms. The first-order valence-electron chi connectivity index (χ1n) is 8.33. The van der Waals surface area contributed by atoms with E-state index < -0.39 is 0 Å². The lowest BCUT2D eigenvalue weighted by Crippen LogP contribution is -1.98. The lowest BCUT2D eigenvalue weighted by molar-refractivity contribution is 0.474. The highest BCUT2D eigenvalue weighted by Gasteiger charge is 2.09. The molecule has 0 aliphatic rings. The molecule has 0 aliphatic carbocycles. The van der Waals surface area contributed by atoms with Gasteiger partial charge in [0.15, 0.2) is 5.82 Å². The first kappa shape index (κ1) is 15.4. The van der Waals surface area contributed by atoms with E-state index in [4.69, 9.17) is 5.73 Å². The molecule has 2 aromatic carbocycles. The average Bonchev–Trinajstić information content (AvgIpc) is 2.61. The Kier molecular flexibility index (Phi) is 3.73. The van der Waals surface area contributed by atoms with Crippen LogP contribution < -0.4 is 5.73 Å². The molecular weight excluding hydrogens is 310 g/mol. The van der Waals surface area contributed by atoms with E-state index in [9.17, 15) is 5.11 Å². The lowest BCUT2D eigenvalue weighted by Gasteiger charge is -2.09. The van der Waals surface area contributed by atoms with Crippen LogP contribution in [0, 0.1) is 6.92 Å². The number of aryl methyl sites for hydroxylation is 3. The summed E-state index contributed by atoms with van der Waals surface area (Å²) in [6.07, 6.45) is 3.66. The third-order valence-corrected chi connectivity index (χ3v) is 4.63. The van der Waals surface area contributed by atoms with Crippen molar-refractivity contribution >= 4 is 27.6 Å². The SMILES string of the molecule is Cc1cc(O)ccc1CCc1cnc2c(N)nc3ccccc3c2c1. The molecule has 0 bridgehead atoms. The number of aromatic nitrogens is 2. The Morgan fingerprint density at radius 2 is 1.84 bits per heavy atom. The van der Waals surface area contributed by atoms with Crippen LogP contribution in [0.25, 0.3) is 21.8 Å². The minimum Gasteiger partial charge on any atom is -0.508 e. The number of aromatic hydroxyl groups is 1. The van der Waals surface area contributed by atoms with Gasteiger partial charge in [-0.1, -0.05) is 24.3 Å². The molecular formula is C21H19N3O. The van der Waals surface area contributed by atoms with Crippen molar-refractivity contribution in [2.45, 2.75) is 19.8 Å². The molecule has 25 heavy (non-hydrogen) atoms. The predicted octanol–water partition coefficient (Wildman–Crippen LogP) is 4.16. The monoisotopic (exact) mass is 329 g/mol. The Morgan fingerprint density at radius 1 is 1.00 bits per heavy atom. The highest BCUT2D eigenvalue weighted by atomic mass is 16.3. The van der Waals surface area contributed by atoms with Gasteiger partial charge in [-0.25, -0.2) is 4.98 Å². The van der Waals surface area contributed by atoms with Gasteiger partial charge in [-0.2, -0.15) is 0 Å². The van der Waals surface area contributed by atoms with Crippen LogP contribution in [-0.2, 0) is 12.8 Å². The summed E-state index contributed by atoms with van der Waals surface area (Å²) in [5.74, 6) is 0.776. The van der Waals surface area contributed by atoms with Gasteiger partial charge in [0.2, 0.25) is 0 Å². The smallest absolute Gasteiger partial charge is 0.150 e. The summed E-state index contributed by atoms with van der Waals surface area (Å²) >= 11 is 0. The average molecular weight is 329 g/mol. The highest BCUT2D eigenvalue weighted by molar-refractivity contribution is 6.08. The van der Waals surface area contributed by atoms with Crippen LogP contribution in [0.3, 0.4) is 0 Å². The molecule has 0 fully saturated rings. The zero-order chi connectivity index (χ0) is 17.4. The molecule has 0 atom stereocenters. The maximum atomic E-state index is 9.54. The number of phenols is 1. The van der Waals surface area contributed by atoms with Crippen molar-refractivity contribution < 1.29 is 5.11 Å². The molecule has 4 heteroatoms. The molecule has 4 aromatic rings. The Bertz CT molecular complexity index is 1090. The number of nitrogens with two attached hydrogens (primary N) is 1. The summed E-state index contributed by atoms with van der Waals surface area (Å²) in [4.78, 5) is 8.99. The van der Waals surface area contributed by atoms with Crippen molar-refractivity contribution in [3.05, 3.63) is 71.4 Å². The van der Waals surface area contributed by atoms with Crippen LogP contribution in [0.5, 0.6) is 5.75 Å². The van der Waals surface area contributed by atoms with Gasteiger partial charge in [0.25, 0.3) is 0 Å². The second-order valence-corrected chi connectivity index (χ2v) is 6.36. The molecule has 124 valence electrons. The number of benzene rings is 2. The Balaban J connectivity index is 1.72. The molecule has 0 saturated heterocycles. The molecule has 2 heterocycles. The summed E-state index contributed by atoms with van der Waals surface area (Å²) < 4.78 is 0. The summed E-state index contributed by atoms with van der Waals surface area (Å²) in [5.41, 5.74) is 11.2. The van der Waals surface area contributed by atoms with Crippen LogP contribution >= 0.6 is 0 Å². The second kappa shape index (κ2) is 6.06. The van der Waals surface area contributed by atoms with Crippen LogP contribution in [0.15, 0.2) is 54.7 Å². The standard InChI is InChI=1S/C21H19N3O/c1-13-10-16(25)9-8-15(13)7-6-14-11-18-17-4-2-3-5-19(17)24-21(22)20(18)23-12-14/h2-5,8-12,25H,6-7H2,1H3,(H2,22,24). The fraction of sp³-hybridized carbons (Fsp3) is 0.143. The number of pyridine rings is 2. The van der Waals surface area contributed by atoms with E-state index in [1.807, 2.05) is 37.4 Å². The summed E-state index contributed by atoms with van der Waals surface area (Å²) in [7, 11) is 0. The number of nitrogen functional groups attached to an aromatic ring is 1. The van der Waals surface area contributed by atoms with Crippen molar-refractivity contribution in [3.8, 4) is 5.75 Å². The molecule has 0 radical (unpaired) electrons. The predicted molar refractivity (Wildman–Crippen MR) is 102 cm³/mol. The first-order chi connectivity index (χ1) is 12.1. The zero-order valence-electron chi connectivity index (χ0n) is 14.0. The van der Waals surface area contributed by atoms with Crippen molar-refractivity contribution in [1.29, 1.82) is 0 Å². The second-order valence-electron chi connectivity index (χ2n) is 6.36. The van der Waals surface area contributed by atoms with Gasteiger partial charge in [0, 0.05) is 17.0 Å². The Labute approximate surface area is 146 Å². The van der Waals surface area contributed by atoms with Gasteiger partial charge < -0.3 is 10.8 Å². The van der Waals surface area contributed by atoms with E-state index in [0.29, 0.717) is 11.6 Å². The Hall–Kier alpha value is -3.14. The zero-order valence-corrected chi connectivity index (χ0v) is 14.0. The number of nitrogens with zero attached hydrogens (tertiary/aromatic N) is 2. The number of hydrogen-bond donors (Lipinski definition) is 2. The van der Waals surface area contributed by atoms with E-state index >= 15 is 0 Å². The van der Waals surface area contributed by atoms with Crippen LogP contribution in [0.4, 0.5) is 5.82 Å². The molecule has 0 amide bonds. The third kappa shape index (κ3) is 2.87. The van der Waals surface area contributed by atoms with E-state index in [-0.39, 0.29) is 0 Å². The number of anilines is 1. The first-order valence-corrected chi connectivity index (χ1v) is 8.33. The summed E-state index contributed by atoms with van der Waals surface area (Å²) in [6.45, 7) is 2.02. The van der Waals surface area contributed by atoms with Crippen LogP contribution in [-0.4, -0.2) is 15.1 Å². The fourth-order valence-electron chi connectivity index (χ4n) is 3.28. The minimum atomic E-state index is 0.308. The van der Waals surface area contributed by atoms with Gasteiger partial charge in [-0.05, 0) is 60.7 Å². The van der Waals surface area contributed by atoms with E-state index in [1.54, 1.807) is 12.1 Å². The van der Waals surface area contributed by atoms with Gasteiger partial charge in [-0.3, -0.25) is 4.98 Å². The van der Waals surface area contributed by atoms with E-state index in [0.717, 1.165) is 45.8 Å². The fourth-order valence-corrected chi connectivity index (χ4v) is 3.28. The van der Waals surface area contributed by atoms with Gasteiger partial charge in [0.1, 0.15) is 11.3 Å². The summed E-state index contributed by atoms with van der Waals surface area (Å²) in [5, 5.41) is 11.7. The topological polar surface area (TPSA) is 72.0 Å². The number of rotatable bonds is 3. The normalized spacial score (nSPS) is 11.2. The molecule has 0 unspecified atom stereocenters. The number of para-hydroxylation sites is 1. The quantitative estimate of drug-likeness (QED) is 0.554. The molecule has 2 aromatic heterocycles. The third-order valence-electron chi connectivity index (χ3n) is 4.63. The molecule has 4 nitrogen and oxygen atoms in total. The van der Waals surface area contributed by atoms with Crippen LogP contribution in [0.2, 0.25) is 0 Å². The number of fused-ring (bicyclic) bond motifs is 3. The van der Waals surface area contributed by atoms with E-state index in [1.165, 1.54) is 5.56 Å². The van der Waals surface area contributed by atoms with Crippen molar-refractivity contribution in [2.24, 2.45) is 0 Å². The molecule has 0 saturated carbocycles. The highest BCUT2D eigenvalue weighted by Crippen LogP contribution is 2.27. The van der Waals surface area contributed by atoms with Crippen molar-refractivity contribution in [1.82, 2.24) is 9.97 Å². The Morgan fingerprint density at radius 3 is 2.68 bits per heavy atom. The molecule has 0 aliphatic heterocycles. The van der Waals surface area contributed by atoms with Crippen molar-refractivity contribution in [3.63, 3.8) is 0 Å². The van der Waals surface area contributed by atoms with Gasteiger partial charge in [-0.15, -0.1) is 0 Å². The molecule has 4 rings (SSSR count). The van der Waals surface area contributed by atoms with Gasteiger partial charge >= 0.3 is 0 Å². The summed E-state index contributed by atoms with van der Waals surface area (Å²) in [6, 6.07) is 15.7. The van der Waals surface area contributed by atoms with E-state index in [2.05, 4.69) is 22.1 Å². The maximum absolute atomic E-state index is 9.54. The lowest BCUT2D eigenvalue weighted by atomic mass is 10.00. The maximum Gasteiger partial charge on any atom is 0.150 e. The minimum absolute atomic E-state index is 0.308. The van der Waals surface area contributed by atoms with Crippen molar-refractivity contribution in [2.75, 3.05) is 5.73 Å². The number of hydrogen-bond acceptors (Lipinski definition) is 4. The number of phenolic OH excluding ortho intramolecular Hbond substituents is 1.